The fourth-order valence-electron chi connectivity index (χ4n) is 1.60. The number of hydrogen-bond acceptors (Lipinski definition) is 3. The number of aromatic carboxylic acids is 1. The molecule has 0 saturated heterocycles. The molecule has 0 spiro atoms. The average Bonchev–Trinajstić information content (AvgIpc) is 2.42. The van der Waals surface area contributed by atoms with Gasteiger partial charge in [0.15, 0.2) is 0 Å². The van der Waals surface area contributed by atoms with Crippen molar-refractivity contribution in [3.8, 4) is 0 Å². The van der Waals surface area contributed by atoms with Crippen LogP contribution >= 0.6 is 0 Å². The third kappa shape index (κ3) is 6.76. The fourth-order valence-corrected chi connectivity index (χ4v) is 1.60. The van der Waals surface area contributed by atoms with Crippen LogP contribution in [-0.4, -0.2) is 36.9 Å². The van der Waals surface area contributed by atoms with E-state index in [0.717, 1.165) is 6.42 Å². The van der Waals surface area contributed by atoms with Gasteiger partial charge in [-0.15, -0.1) is 0 Å². The second-order valence-electron chi connectivity index (χ2n) is 5.03. The monoisotopic (exact) mass is 294 g/mol. The fraction of sp³-hybridized carbons (Fsp3) is 0.467. The van der Waals surface area contributed by atoms with Gasteiger partial charge in [0.2, 0.25) is 0 Å². The van der Waals surface area contributed by atoms with Gasteiger partial charge in [-0.1, -0.05) is 26.0 Å². The number of carboxylic acid groups (broad SMARTS) is 1. The van der Waals surface area contributed by atoms with Crippen molar-refractivity contribution < 1.29 is 19.4 Å². The minimum Gasteiger partial charge on any atom is -0.478 e. The van der Waals surface area contributed by atoms with Crippen molar-refractivity contribution in [1.82, 2.24) is 5.32 Å². The zero-order valence-electron chi connectivity index (χ0n) is 12.4. The average molecular weight is 294 g/mol. The van der Waals surface area contributed by atoms with E-state index in [2.05, 4.69) is 24.5 Å². The highest BCUT2D eigenvalue weighted by Gasteiger charge is 2.10. The third-order valence-electron chi connectivity index (χ3n) is 2.78. The highest BCUT2D eigenvalue weighted by atomic mass is 16.5. The number of amides is 2. The van der Waals surface area contributed by atoms with E-state index in [0.29, 0.717) is 25.7 Å². The van der Waals surface area contributed by atoms with Crippen molar-refractivity contribution >= 4 is 17.7 Å². The topological polar surface area (TPSA) is 87.7 Å². The zero-order valence-corrected chi connectivity index (χ0v) is 12.4. The molecule has 1 aromatic rings. The Morgan fingerprint density at radius 2 is 1.95 bits per heavy atom. The van der Waals surface area contributed by atoms with Gasteiger partial charge >= 0.3 is 12.0 Å². The first kappa shape index (κ1) is 17.0. The van der Waals surface area contributed by atoms with Crippen molar-refractivity contribution in [2.24, 2.45) is 5.92 Å². The molecule has 3 N–H and O–H groups in total. The van der Waals surface area contributed by atoms with Gasteiger partial charge in [-0.05, 0) is 24.5 Å². The Kier molecular flexibility index (Phi) is 7.25. The number of rotatable bonds is 8. The van der Waals surface area contributed by atoms with Gasteiger partial charge in [0, 0.05) is 13.2 Å². The smallest absolute Gasteiger partial charge is 0.337 e. The van der Waals surface area contributed by atoms with Crippen LogP contribution < -0.4 is 10.6 Å². The molecule has 0 unspecified atom stereocenters. The van der Waals surface area contributed by atoms with Crippen LogP contribution in [0.3, 0.4) is 0 Å². The molecule has 0 aromatic heterocycles. The lowest BCUT2D eigenvalue weighted by atomic mass is 10.1. The van der Waals surface area contributed by atoms with E-state index in [9.17, 15) is 9.59 Å². The van der Waals surface area contributed by atoms with Crippen LogP contribution in [0.4, 0.5) is 10.5 Å². The van der Waals surface area contributed by atoms with Gasteiger partial charge in [-0.3, -0.25) is 0 Å². The summed E-state index contributed by atoms with van der Waals surface area (Å²) in [5, 5.41) is 14.1. The van der Waals surface area contributed by atoms with Crippen LogP contribution in [0.5, 0.6) is 0 Å². The molecule has 0 aliphatic rings. The molecular formula is C15H22N2O4. The summed E-state index contributed by atoms with van der Waals surface area (Å²) in [5.74, 6) is -0.489. The van der Waals surface area contributed by atoms with Crippen molar-refractivity contribution in [2.45, 2.75) is 20.3 Å². The number of anilines is 1. The lowest BCUT2D eigenvalue weighted by Crippen LogP contribution is -2.32. The molecule has 2 amide bonds. The first-order valence-corrected chi connectivity index (χ1v) is 6.95. The van der Waals surface area contributed by atoms with E-state index in [1.54, 1.807) is 18.2 Å². The summed E-state index contributed by atoms with van der Waals surface area (Å²) >= 11 is 0. The van der Waals surface area contributed by atoms with Gasteiger partial charge in [0.05, 0.1) is 17.9 Å². The Labute approximate surface area is 124 Å². The lowest BCUT2D eigenvalue weighted by molar-refractivity contribution is 0.0698. The molecule has 116 valence electrons. The Morgan fingerprint density at radius 3 is 2.62 bits per heavy atom. The summed E-state index contributed by atoms with van der Waals surface area (Å²) in [6.07, 6.45) is 0.984. The van der Waals surface area contributed by atoms with Crippen molar-refractivity contribution in [3.63, 3.8) is 0 Å². The summed E-state index contributed by atoms with van der Waals surface area (Å²) in [6, 6.07) is 5.80. The predicted molar refractivity (Wildman–Crippen MR) is 80.7 cm³/mol. The van der Waals surface area contributed by atoms with Gasteiger partial charge in [0.1, 0.15) is 0 Å². The highest BCUT2D eigenvalue weighted by Crippen LogP contribution is 2.14. The molecule has 21 heavy (non-hydrogen) atoms. The molecule has 0 heterocycles. The number of carbonyl (C=O) groups excluding carboxylic acids is 1. The van der Waals surface area contributed by atoms with Crippen molar-refractivity contribution in [1.29, 1.82) is 0 Å². The largest absolute Gasteiger partial charge is 0.478 e. The van der Waals surface area contributed by atoms with Gasteiger partial charge in [-0.25, -0.2) is 9.59 Å². The van der Waals surface area contributed by atoms with E-state index in [4.69, 9.17) is 9.84 Å². The van der Waals surface area contributed by atoms with Gasteiger partial charge in [-0.2, -0.15) is 0 Å². The summed E-state index contributed by atoms with van der Waals surface area (Å²) < 4.78 is 5.37. The van der Waals surface area contributed by atoms with Crippen LogP contribution in [0.1, 0.15) is 30.6 Å². The van der Waals surface area contributed by atoms with Crippen molar-refractivity contribution in [2.75, 3.05) is 25.1 Å². The molecule has 0 fully saturated rings. The Balaban J connectivity index is 2.30. The Bertz CT molecular complexity index is 474. The molecule has 0 aliphatic carbocycles. The van der Waals surface area contributed by atoms with Crippen LogP contribution in [0.15, 0.2) is 24.3 Å². The van der Waals surface area contributed by atoms with Gasteiger partial charge < -0.3 is 20.5 Å². The van der Waals surface area contributed by atoms with E-state index in [1.807, 2.05) is 0 Å². The number of nitrogens with one attached hydrogen (secondary N) is 2. The normalized spacial score (nSPS) is 10.4. The van der Waals surface area contributed by atoms with E-state index >= 15 is 0 Å². The first-order valence-electron chi connectivity index (χ1n) is 6.95. The maximum Gasteiger partial charge on any atom is 0.337 e. The molecular weight excluding hydrogens is 272 g/mol. The maximum absolute atomic E-state index is 11.7. The lowest BCUT2D eigenvalue weighted by Gasteiger charge is -2.10. The molecule has 0 radical (unpaired) electrons. The van der Waals surface area contributed by atoms with E-state index in [-0.39, 0.29) is 11.3 Å². The minimum absolute atomic E-state index is 0.0563. The molecule has 0 bridgehead atoms. The second kappa shape index (κ2) is 8.97. The molecule has 6 nitrogen and oxygen atoms in total. The number of carbonyl (C=O) groups is 2. The molecule has 0 saturated carbocycles. The van der Waals surface area contributed by atoms with E-state index in [1.165, 1.54) is 6.07 Å². The Morgan fingerprint density at radius 1 is 1.24 bits per heavy atom. The van der Waals surface area contributed by atoms with Crippen LogP contribution in [0, 0.1) is 5.92 Å². The molecule has 0 aliphatic heterocycles. The molecule has 1 rings (SSSR count). The van der Waals surface area contributed by atoms with Crippen LogP contribution in [-0.2, 0) is 4.74 Å². The first-order chi connectivity index (χ1) is 10.0. The second-order valence-corrected chi connectivity index (χ2v) is 5.03. The molecule has 1 aromatic carbocycles. The van der Waals surface area contributed by atoms with Crippen LogP contribution in [0.25, 0.3) is 0 Å². The highest BCUT2D eigenvalue weighted by molar-refractivity contribution is 5.99. The Hall–Kier alpha value is -2.08. The number of benzene rings is 1. The van der Waals surface area contributed by atoms with Crippen LogP contribution in [0.2, 0.25) is 0 Å². The number of carboxylic acids is 1. The SMILES string of the molecule is CC(C)CCOCCNC(=O)Nc1ccccc1C(=O)O. The van der Waals surface area contributed by atoms with Crippen molar-refractivity contribution in [3.05, 3.63) is 29.8 Å². The number of hydrogen-bond donors (Lipinski definition) is 3. The number of urea groups is 1. The summed E-state index contributed by atoms with van der Waals surface area (Å²) in [5.41, 5.74) is 0.323. The maximum atomic E-state index is 11.7. The molecule has 6 heteroatoms. The number of para-hydroxylation sites is 1. The zero-order chi connectivity index (χ0) is 15.7. The third-order valence-corrected chi connectivity index (χ3v) is 2.78. The van der Waals surface area contributed by atoms with E-state index < -0.39 is 12.0 Å². The number of ether oxygens (including phenoxy) is 1. The summed E-state index contributed by atoms with van der Waals surface area (Å²) in [6.45, 7) is 5.71. The quantitative estimate of drug-likeness (QED) is 0.643. The standard InChI is InChI=1S/C15H22N2O4/c1-11(2)7-9-21-10-8-16-15(20)17-13-6-4-3-5-12(13)14(18)19/h3-6,11H,7-10H2,1-2H3,(H,18,19)(H2,16,17,20). The predicted octanol–water partition coefficient (Wildman–Crippen LogP) is 2.57. The summed E-state index contributed by atoms with van der Waals surface area (Å²) in [7, 11) is 0. The summed E-state index contributed by atoms with van der Waals surface area (Å²) in [4.78, 5) is 22.7. The van der Waals surface area contributed by atoms with Gasteiger partial charge in [0.25, 0.3) is 0 Å². The molecule has 0 atom stereocenters. The minimum atomic E-state index is -1.08.